The molecule has 0 radical (unpaired) electrons. The molecule has 3 rings (SSSR count). The molecule has 2 unspecified atom stereocenters. The summed E-state index contributed by atoms with van der Waals surface area (Å²) in [5.74, 6) is 1.08. The predicted molar refractivity (Wildman–Crippen MR) is 75.7 cm³/mol. The standard InChI is InChI=1S/C17H18O2/c1-11-10-17(2,12-3-5-13(18)6-4-12)16-9-14(19)7-8-15(11)16/h3-9,11,18-19H,10H2,1-2H3. The van der Waals surface area contributed by atoms with E-state index in [1.807, 2.05) is 24.3 Å². The number of rotatable bonds is 1. The van der Waals surface area contributed by atoms with E-state index < -0.39 is 0 Å². The van der Waals surface area contributed by atoms with Crippen LogP contribution in [0.2, 0.25) is 0 Å². The van der Waals surface area contributed by atoms with Gasteiger partial charge in [0.15, 0.2) is 0 Å². The van der Waals surface area contributed by atoms with Crippen molar-refractivity contribution in [2.75, 3.05) is 0 Å². The highest BCUT2D eigenvalue weighted by molar-refractivity contribution is 5.52. The minimum Gasteiger partial charge on any atom is -0.508 e. The molecular formula is C17H18O2. The summed E-state index contributed by atoms with van der Waals surface area (Å²) in [4.78, 5) is 0. The quantitative estimate of drug-likeness (QED) is 0.810. The molecule has 2 nitrogen and oxygen atoms in total. The molecule has 2 aromatic carbocycles. The molecule has 2 N–H and O–H groups in total. The fraction of sp³-hybridized carbons (Fsp3) is 0.294. The lowest BCUT2D eigenvalue weighted by Gasteiger charge is -2.26. The molecule has 19 heavy (non-hydrogen) atoms. The molecule has 0 bridgehead atoms. The maximum atomic E-state index is 9.77. The third kappa shape index (κ3) is 1.79. The molecule has 0 spiro atoms. The van der Waals surface area contributed by atoms with Crippen LogP contribution in [0, 0.1) is 0 Å². The number of hydrogen-bond donors (Lipinski definition) is 2. The first-order valence-electron chi connectivity index (χ1n) is 6.63. The second-order valence-corrected chi connectivity index (χ2v) is 5.76. The van der Waals surface area contributed by atoms with Crippen LogP contribution in [-0.2, 0) is 5.41 Å². The van der Waals surface area contributed by atoms with Crippen LogP contribution in [0.25, 0.3) is 0 Å². The normalized spacial score (nSPS) is 25.3. The van der Waals surface area contributed by atoms with Crippen LogP contribution in [0.5, 0.6) is 11.5 Å². The van der Waals surface area contributed by atoms with Crippen LogP contribution >= 0.6 is 0 Å². The van der Waals surface area contributed by atoms with Gasteiger partial charge in [0.1, 0.15) is 11.5 Å². The zero-order valence-electron chi connectivity index (χ0n) is 11.2. The summed E-state index contributed by atoms with van der Waals surface area (Å²) in [6, 6.07) is 13.1. The van der Waals surface area contributed by atoms with Gasteiger partial charge in [-0.3, -0.25) is 0 Å². The number of phenolic OH excluding ortho intramolecular Hbond substituents is 2. The van der Waals surface area contributed by atoms with Crippen molar-refractivity contribution >= 4 is 0 Å². The van der Waals surface area contributed by atoms with Crippen molar-refractivity contribution < 1.29 is 10.2 Å². The van der Waals surface area contributed by atoms with E-state index >= 15 is 0 Å². The molecule has 0 fully saturated rings. The number of hydrogen-bond acceptors (Lipinski definition) is 2. The van der Waals surface area contributed by atoms with Crippen LogP contribution in [0.15, 0.2) is 42.5 Å². The van der Waals surface area contributed by atoms with Gasteiger partial charge >= 0.3 is 0 Å². The predicted octanol–water partition coefficient (Wildman–Crippen LogP) is 3.91. The van der Waals surface area contributed by atoms with Crippen molar-refractivity contribution in [1.82, 2.24) is 0 Å². The highest BCUT2D eigenvalue weighted by atomic mass is 16.3. The third-order valence-electron chi connectivity index (χ3n) is 4.38. The van der Waals surface area contributed by atoms with Gasteiger partial charge in [0.25, 0.3) is 0 Å². The van der Waals surface area contributed by atoms with Gasteiger partial charge in [-0.15, -0.1) is 0 Å². The Morgan fingerprint density at radius 2 is 1.63 bits per heavy atom. The lowest BCUT2D eigenvalue weighted by Crippen LogP contribution is -2.19. The zero-order valence-corrected chi connectivity index (χ0v) is 11.2. The van der Waals surface area contributed by atoms with Gasteiger partial charge in [0.2, 0.25) is 0 Å². The summed E-state index contributed by atoms with van der Waals surface area (Å²) >= 11 is 0. The van der Waals surface area contributed by atoms with Gasteiger partial charge in [-0.25, -0.2) is 0 Å². The van der Waals surface area contributed by atoms with Crippen molar-refractivity contribution in [2.24, 2.45) is 0 Å². The Balaban J connectivity index is 2.17. The molecule has 2 aromatic rings. The van der Waals surface area contributed by atoms with Crippen molar-refractivity contribution in [1.29, 1.82) is 0 Å². The van der Waals surface area contributed by atoms with Gasteiger partial charge in [-0.2, -0.15) is 0 Å². The average Bonchev–Trinajstić information content (AvgIpc) is 2.63. The molecule has 2 heteroatoms. The van der Waals surface area contributed by atoms with Crippen molar-refractivity contribution in [3.63, 3.8) is 0 Å². The molecular weight excluding hydrogens is 236 g/mol. The lowest BCUT2D eigenvalue weighted by atomic mass is 9.77. The molecule has 1 aliphatic rings. The topological polar surface area (TPSA) is 40.5 Å². The number of phenols is 2. The van der Waals surface area contributed by atoms with Crippen LogP contribution in [0.1, 0.15) is 42.9 Å². The van der Waals surface area contributed by atoms with Crippen LogP contribution in [0.4, 0.5) is 0 Å². The smallest absolute Gasteiger partial charge is 0.115 e. The second-order valence-electron chi connectivity index (χ2n) is 5.76. The second kappa shape index (κ2) is 4.02. The Kier molecular flexibility index (Phi) is 2.56. The molecule has 0 saturated heterocycles. The highest BCUT2D eigenvalue weighted by Crippen LogP contribution is 2.50. The molecule has 0 aromatic heterocycles. The summed E-state index contributed by atoms with van der Waals surface area (Å²) in [6.45, 7) is 4.43. The van der Waals surface area contributed by atoms with E-state index in [1.54, 1.807) is 18.2 Å². The Hall–Kier alpha value is -1.96. The van der Waals surface area contributed by atoms with E-state index in [2.05, 4.69) is 13.8 Å². The Labute approximate surface area is 113 Å². The van der Waals surface area contributed by atoms with Gasteiger partial charge in [-0.05, 0) is 53.3 Å². The van der Waals surface area contributed by atoms with E-state index in [-0.39, 0.29) is 11.2 Å². The van der Waals surface area contributed by atoms with Crippen LogP contribution in [-0.4, -0.2) is 10.2 Å². The Bertz CT molecular complexity index is 616. The van der Waals surface area contributed by atoms with E-state index in [1.165, 1.54) is 16.7 Å². The first-order valence-corrected chi connectivity index (χ1v) is 6.63. The third-order valence-corrected chi connectivity index (χ3v) is 4.38. The van der Waals surface area contributed by atoms with E-state index in [4.69, 9.17) is 0 Å². The summed E-state index contributed by atoms with van der Waals surface area (Å²) < 4.78 is 0. The fourth-order valence-corrected chi connectivity index (χ4v) is 3.39. The van der Waals surface area contributed by atoms with E-state index in [9.17, 15) is 10.2 Å². The Morgan fingerprint density at radius 3 is 2.32 bits per heavy atom. The van der Waals surface area contributed by atoms with Crippen molar-refractivity contribution in [2.45, 2.75) is 31.6 Å². The minimum atomic E-state index is -0.0960. The molecule has 0 heterocycles. The number of aromatic hydroxyl groups is 2. The molecule has 0 saturated carbocycles. The van der Waals surface area contributed by atoms with Gasteiger partial charge in [0.05, 0.1) is 0 Å². The van der Waals surface area contributed by atoms with Gasteiger partial charge in [-0.1, -0.05) is 32.0 Å². The largest absolute Gasteiger partial charge is 0.508 e. The van der Waals surface area contributed by atoms with Crippen molar-refractivity contribution in [3.05, 3.63) is 59.2 Å². The van der Waals surface area contributed by atoms with E-state index in [0.29, 0.717) is 11.7 Å². The number of fused-ring (bicyclic) bond motifs is 1. The maximum absolute atomic E-state index is 9.77. The zero-order chi connectivity index (χ0) is 13.6. The fourth-order valence-electron chi connectivity index (χ4n) is 3.39. The lowest BCUT2D eigenvalue weighted by molar-refractivity contribution is 0.469. The number of benzene rings is 2. The van der Waals surface area contributed by atoms with Gasteiger partial charge < -0.3 is 10.2 Å². The monoisotopic (exact) mass is 254 g/mol. The summed E-state index contributed by atoms with van der Waals surface area (Å²) in [6.07, 6.45) is 1.02. The Morgan fingerprint density at radius 1 is 1.00 bits per heavy atom. The summed E-state index contributed by atoms with van der Waals surface area (Å²) in [7, 11) is 0. The SMILES string of the molecule is CC1CC(C)(c2ccc(O)cc2)c2cc(O)ccc21. The highest BCUT2D eigenvalue weighted by Gasteiger charge is 2.39. The first-order chi connectivity index (χ1) is 9.00. The minimum absolute atomic E-state index is 0.0960. The van der Waals surface area contributed by atoms with Crippen LogP contribution in [0.3, 0.4) is 0 Å². The first kappa shape index (κ1) is 12.1. The van der Waals surface area contributed by atoms with Gasteiger partial charge in [0, 0.05) is 5.41 Å². The maximum Gasteiger partial charge on any atom is 0.115 e. The molecule has 98 valence electrons. The van der Waals surface area contributed by atoms with Crippen LogP contribution < -0.4 is 0 Å². The summed E-state index contributed by atoms with van der Waals surface area (Å²) in [5.41, 5.74) is 3.60. The average molecular weight is 254 g/mol. The molecule has 0 amide bonds. The molecule has 1 aliphatic carbocycles. The van der Waals surface area contributed by atoms with Crippen molar-refractivity contribution in [3.8, 4) is 11.5 Å². The van der Waals surface area contributed by atoms with E-state index in [0.717, 1.165) is 6.42 Å². The molecule has 2 atom stereocenters. The molecule has 0 aliphatic heterocycles. The summed E-state index contributed by atoms with van der Waals surface area (Å²) in [5, 5.41) is 19.2.